The second-order valence-corrected chi connectivity index (χ2v) is 19.5. The van der Waals surface area contributed by atoms with E-state index in [1.165, 1.54) is 24.3 Å². The molecule has 1 heterocycles. The molecule has 83 heavy (non-hydrogen) atoms. The van der Waals surface area contributed by atoms with Crippen molar-refractivity contribution >= 4 is 11.9 Å². The third-order valence-corrected chi connectivity index (χ3v) is 13.5. The van der Waals surface area contributed by atoms with Crippen molar-refractivity contribution in [3.05, 3.63) is 287 Å². The van der Waals surface area contributed by atoms with E-state index in [9.17, 15) is 19.8 Å². The van der Waals surface area contributed by atoms with E-state index >= 15 is 0 Å². The molecule has 0 unspecified atom stereocenters. The highest BCUT2D eigenvalue weighted by Gasteiger charge is 2.50. The van der Waals surface area contributed by atoms with Gasteiger partial charge in [-0.25, -0.2) is 9.59 Å². The molecular formula is C69H62O14. The normalized spacial score (nSPS) is 16.4. The number of aliphatic hydroxyl groups is 2. The number of ether oxygens (including phenoxy) is 10. The van der Waals surface area contributed by atoms with Crippen LogP contribution in [0, 0.1) is 0 Å². The highest BCUT2D eigenvalue weighted by Crippen LogP contribution is 2.43. The summed E-state index contributed by atoms with van der Waals surface area (Å²) in [6.07, 6.45) is -7.94. The van der Waals surface area contributed by atoms with Crippen LogP contribution in [0.15, 0.2) is 237 Å². The molecule has 422 valence electrons. The average Bonchev–Trinajstić information content (AvgIpc) is 3.55. The maximum Gasteiger partial charge on any atom is 0.340 e. The predicted octanol–water partition coefficient (Wildman–Crippen LogP) is 12.2. The minimum atomic E-state index is -1.70. The fourth-order valence-electron chi connectivity index (χ4n) is 9.08. The third kappa shape index (κ3) is 15.7. The van der Waals surface area contributed by atoms with Gasteiger partial charge in [-0.2, -0.15) is 0 Å². The second-order valence-electron chi connectivity index (χ2n) is 19.5. The highest BCUT2D eigenvalue weighted by atomic mass is 16.7. The molecule has 10 rings (SSSR count). The Hall–Kier alpha value is -9.44. The summed E-state index contributed by atoms with van der Waals surface area (Å²) >= 11 is 0. The number of carbonyl (C=O) groups is 2. The van der Waals surface area contributed by atoms with Gasteiger partial charge in [-0.1, -0.05) is 212 Å². The molecule has 0 spiro atoms. The molecule has 0 aromatic heterocycles. The van der Waals surface area contributed by atoms with Crippen LogP contribution in [0.4, 0.5) is 0 Å². The highest BCUT2D eigenvalue weighted by molar-refractivity contribution is 5.92. The van der Waals surface area contributed by atoms with Crippen molar-refractivity contribution in [2.24, 2.45) is 0 Å². The molecule has 0 aliphatic carbocycles. The first-order valence-corrected chi connectivity index (χ1v) is 27.2. The number of aliphatic hydroxyl groups excluding tert-OH is 2. The first kappa shape index (κ1) is 56.8. The quantitative estimate of drug-likeness (QED) is 0.0492. The van der Waals surface area contributed by atoms with E-state index in [1.807, 2.05) is 212 Å². The van der Waals surface area contributed by atoms with Gasteiger partial charge >= 0.3 is 11.9 Å². The minimum Gasteiger partial charge on any atom is -0.485 e. The van der Waals surface area contributed by atoms with Crippen LogP contribution in [0.2, 0.25) is 0 Å². The van der Waals surface area contributed by atoms with Gasteiger partial charge in [0, 0.05) is 0 Å². The Morgan fingerprint density at radius 1 is 0.361 bits per heavy atom. The molecule has 9 aromatic rings. The molecule has 0 saturated carbocycles. The van der Waals surface area contributed by atoms with Gasteiger partial charge in [0.25, 0.3) is 0 Å². The van der Waals surface area contributed by atoms with Crippen molar-refractivity contribution in [3.8, 4) is 34.5 Å². The first-order valence-electron chi connectivity index (χ1n) is 27.2. The molecule has 14 nitrogen and oxygen atoms in total. The molecule has 1 saturated heterocycles. The van der Waals surface area contributed by atoms with Gasteiger partial charge in [0.1, 0.15) is 51.8 Å². The summed E-state index contributed by atoms with van der Waals surface area (Å²) in [5.74, 6) is -0.714. The fourth-order valence-corrected chi connectivity index (χ4v) is 9.08. The summed E-state index contributed by atoms with van der Waals surface area (Å²) in [6.45, 7) is -0.167. The Morgan fingerprint density at radius 2 is 0.639 bits per heavy atom. The molecule has 1 aliphatic heterocycles. The van der Waals surface area contributed by atoms with E-state index in [2.05, 4.69) is 0 Å². The van der Waals surface area contributed by atoms with E-state index in [0.717, 1.165) is 33.4 Å². The molecule has 1 aliphatic rings. The standard InChI is InChI=1S/C69H62O14/c70-40-61-62(71)65(82-67(72)55-36-57(74-41-48-22-8-1-9-23-48)63(78-45-52-30-16-5-17-31-52)58(37-55)75-42-49-24-10-2-11-25-49)66(80-47-54-34-20-7-21-35-54)69(81-61)83-68(73)56-38-59(76-43-50-26-12-3-13-27-50)64(79-46-53-32-18-6-19-33-53)60(39-56)77-44-51-28-14-4-15-29-51/h1-39,61-62,65-66,69-71H,40-47H2/t61-,62-,65+,66-,69+/m1/s1. The molecule has 5 atom stereocenters. The third-order valence-electron chi connectivity index (χ3n) is 13.5. The SMILES string of the molecule is O=C(O[C@@H]1O[C@H](CO)[C@@H](O)[C@H](OC(=O)c2cc(OCc3ccccc3)c(OCc3ccccc3)c(OCc3ccccc3)c2)[C@H]1OCc1ccccc1)c1cc(OCc2ccccc2)c(OCc2ccccc2)c(OCc2ccccc2)c1. The van der Waals surface area contributed by atoms with Crippen LogP contribution >= 0.6 is 0 Å². The van der Waals surface area contributed by atoms with Crippen molar-refractivity contribution in [1.82, 2.24) is 0 Å². The lowest BCUT2D eigenvalue weighted by Gasteiger charge is -2.42. The van der Waals surface area contributed by atoms with Gasteiger partial charge in [-0.15, -0.1) is 0 Å². The summed E-state index contributed by atoms with van der Waals surface area (Å²) in [7, 11) is 0. The van der Waals surface area contributed by atoms with Crippen molar-refractivity contribution in [1.29, 1.82) is 0 Å². The van der Waals surface area contributed by atoms with Gasteiger partial charge in [-0.05, 0) is 63.2 Å². The van der Waals surface area contributed by atoms with Gasteiger partial charge < -0.3 is 57.6 Å². The number of hydrogen-bond acceptors (Lipinski definition) is 14. The molecule has 0 radical (unpaired) electrons. The van der Waals surface area contributed by atoms with E-state index in [4.69, 9.17) is 47.4 Å². The number of hydrogen-bond donors (Lipinski definition) is 2. The predicted molar refractivity (Wildman–Crippen MR) is 309 cm³/mol. The van der Waals surface area contributed by atoms with Crippen LogP contribution in [0.3, 0.4) is 0 Å². The molecule has 14 heteroatoms. The van der Waals surface area contributed by atoms with Crippen LogP contribution in [0.25, 0.3) is 0 Å². The molecule has 2 N–H and O–H groups in total. The van der Waals surface area contributed by atoms with Gasteiger partial charge in [0.15, 0.2) is 35.2 Å². The molecule has 9 aromatic carbocycles. The number of benzene rings is 9. The Kier molecular flexibility index (Phi) is 19.7. The topological polar surface area (TPSA) is 167 Å². The number of rotatable bonds is 26. The zero-order chi connectivity index (χ0) is 57.0. The average molecular weight is 1120 g/mol. The number of carbonyl (C=O) groups excluding carboxylic acids is 2. The van der Waals surface area contributed by atoms with E-state index < -0.39 is 49.3 Å². The van der Waals surface area contributed by atoms with Crippen LogP contribution in [0.5, 0.6) is 34.5 Å². The van der Waals surface area contributed by atoms with Crippen molar-refractivity contribution in [3.63, 3.8) is 0 Å². The zero-order valence-corrected chi connectivity index (χ0v) is 45.4. The van der Waals surface area contributed by atoms with Crippen LogP contribution in [0.1, 0.15) is 59.7 Å². The number of esters is 2. The van der Waals surface area contributed by atoms with Crippen molar-refractivity contribution in [2.75, 3.05) is 6.61 Å². The maximum absolute atomic E-state index is 15.0. The first-order chi connectivity index (χ1) is 40.8. The molecule has 0 bridgehead atoms. The van der Waals surface area contributed by atoms with Crippen LogP contribution < -0.4 is 28.4 Å². The Labute approximate surface area is 481 Å². The largest absolute Gasteiger partial charge is 0.485 e. The van der Waals surface area contributed by atoms with E-state index in [0.29, 0.717) is 5.56 Å². The summed E-state index contributed by atoms with van der Waals surface area (Å²) in [5.41, 5.74) is 5.78. The molecular weight excluding hydrogens is 1050 g/mol. The lowest BCUT2D eigenvalue weighted by Crippen LogP contribution is -2.61. The summed E-state index contributed by atoms with van der Waals surface area (Å²) in [5, 5.41) is 22.8. The van der Waals surface area contributed by atoms with Gasteiger partial charge in [-0.3, -0.25) is 0 Å². The molecule has 1 fully saturated rings. The van der Waals surface area contributed by atoms with E-state index in [-0.39, 0.29) is 91.9 Å². The summed E-state index contributed by atoms with van der Waals surface area (Å²) in [6, 6.07) is 72.3. The zero-order valence-electron chi connectivity index (χ0n) is 45.4. The van der Waals surface area contributed by atoms with E-state index in [1.54, 1.807) is 0 Å². The van der Waals surface area contributed by atoms with Gasteiger partial charge in [0.2, 0.25) is 17.8 Å². The van der Waals surface area contributed by atoms with Crippen molar-refractivity contribution in [2.45, 2.75) is 77.0 Å². The lowest BCUT2D eigenvalue weighted by atomic mass is 9.98. The van der Waals surface area contributed by atoms with Gasteiger partial charge in [0.05, 0.1) is 24.3 Å². The monoisotopic (exact) mass is 1110 g/mol. The van der Waals surface area contributed by atoms with Crippen LogP contribution in [-0.2, 0) is 65.2 Å². The Morgan fingerprint density at radius 3 is 0.940 bits per heavy atom. The minimum absolute atomic E-state index is 0.0329. The Bertz CT molecular complexity index is 3320. The summed E-state index contributed by atoms with van der Waals surface area (Å²) < 4.78 is 64.1. The second kappa shape index (κ2) is 28.8. The lowest BCUT2D eigenvalue weighted by molar-refractivity contribution is -0.296. The fraction of sp³-hybridized carbons (Fsp3) is 0.188. The maximum atomic E-state index is 15.0. The Balaban J connectivity index is 0.993. The smallest absolute Gasteiger partial charge is 0.340 e. The summed E-state index contributed by atoms with van der Waals surface area (Å²) in [4.78, 5) is 29.9. The van der Waals surface area contributed by atoms with Crippen molar-refractivity contribution < 1.29 is 67.2 Å². The van der Waals surface area contributed by atoms with Crippen LogP contribution in [-0.4, -0.2) is 59.5 Å². The molecule has 0 amide bonds.